The van der Waals surface area contributed by atoms with Crippen LogP contribution in [0.15, 0.2) is 0 Å². The molecule has 0 radical (unpaired) electrons. The molecule has 3 N–H and O–H groups in total. The fourth-order valence-electron chi connectivity index (χ4n) is 1.68. The Hall–Kier alpha value is -0.400. The van der Waals surface area contributed by atoms with Crippen LogP contribution < -0.4 is 11.1 Å². The van der Waals surface area contributed by atoms with Gasteiger partial charge >= 0.3 is 0 Å². The third kappa shape index (κ3) is 6.51. The van der Waals surface area contributed by atoms with Crippen LogP contribution in [0.2, 0.25) is 0 Å². The average Bonchev–Trinajstić information content (AvgIpc) is 2.82. The molecule has 0 aromatic heterocycles. The minimum atomic E-state index is -0.345. The van der Waals surface area contributed by atoms with Crippen molar-refractivity contribution in [1.82, 2.24) is 5.32 Å². The van der Waals surface area contributed by atoms with Gasteiger partial charge in [0.05, 0.1) is 25.9 Å². The van der Waals surface area contributed by atoms with Gasteiger partial charge < -0.3 is 25.3 Å². The summed E-state index contributed by atoms with van der Waals surface area (Å²) in [5.41, 5.74) is 5.48. The van der Waals surface area contributed by atoms with E-state index in [0.717, 1.165) is 12.8 Å². The minimum Gasteiger partial charge on any atom is -0.382 e. The summed E-state index contributed by atoms with van der Waals surface area (Å²) in [6.07, 6.45) is 1.29. The largest absolute Gasteiger partial charge is 0.382 e. The van der Waals surface area contributed by atoms with Gasteiger partial charge in [-0.1, -0.05) is 0 Å². The second-order valence-corrected chi connectivity index (χ2v) is 3.96. The van der Waals surface area contributed by atoms with Gasteiger partial charge in [-0.15, -0.1) is 12.4 Å². The number of ether oxygens (including phenoxy) is 3. The van der Waals surface area contributed by atoms with Crippen molar-refractivity contribution in [2.45, 2.75) is 25.0 Å². The molecule has 0 saturated carbocycles. The molecule has 7 heteroatoms. The highest BCUT2D eigenvalue weighted by Crippen LogP contribution is 2.18. The van der Waals surface area contributed by atoms with E-state index in [2.05, 4.69) is 5.32 Å². The average molecular weight is 283 g/mol. The summed E-state index contributed by atoms with van der Waals surface area (Å²) in [4.78, 5) is 11.6. The maximum absolute atomic E-state index is 11.6. The van der Waals surface area contributed by atoms with Crippen LogP contribution in [0.5, 0.6) is 0 Å². The Morgan fingerprint density at radius 2 is 2.17 bits per heavy atom. The number of amides is 1. The number of carbonyl (C=O) groups excluding carboxylic acids is 1. The van der Waals surface area contributed by atoms with Crippen molar-refractivity contribution in [3.63, 3.8) is 0 Å². The summed E-state index contributed by atoms with van der Waals surface area (Å²) in [5.74, 6) is -0.0729. The predicted molar refractivity (Wildman–Crippen MR) is 69.9 cm³/mol. The number of nitrogens with one attached hydrogen (secondary N) is 1. The van der Waals surface area contributed by atoms with Crippen LogP contribution in [-0.4, -0.2) is 58.1 Å². The van der Waals surface area contributed by atoms with E-state index in [-0.39, 0.29) is 30.5 Å². The van der Waals surface area contributed by atoms with Crippen LogP contribution in [0.4, 0.5) is 0 Å². The van der Waals surface area contributed by atoms with E-state index in [4.69, 9.17) is 19.9 Å². The van der Waals surface area contributed by atoms with Crippen molar-refractivity contribution in [2.75, 3.05) is 40.0 Å². The Labute approximate surface area is 114 Å². The smallest absolute Gasteiger partial charge is 0.249 e. The normalized spacial score (nSPS) is 22.6. The standard InChI is InChI=1S/C11H22N2O4.ClH/c1-15-6-7-16-5-4-13-11(14)10-3-2-9(8-12)17-10;/h9-10H,2-8,12H2,1H3,(H,13,14);1H/t9-,10+;/m1./s1. The molecule has 6 nitrogen and oxygen atoms in total. The van der Waals surface area contributed by atoms with E-state index >= 15 is 0 Å². The second kappa shape index (κ2) is 10.5. The SMILES string of the molecule is COCCOCCNC(=O)[C@@H]1CC[C@H](CN)O1.Cl. The van der Waals surface area contributed by atoms with Crippen molar-refractivity contribution >= 4 is 18.3 Å². The summed E-state index contributed by atoms with van der Waals surface area (Å²) in [5, 5.41) is 2.78. The van der Waals surface area contributed by atoms with E-state index in [9.17, 15) is 4.79 Å². The minimum absolute atomic E-state index is 0. The van der Waals surface area contributed by atoms with Crippen molar-refractivity contribution in [3.8, 4) is 0 Å². The van der Waals surface area contributed by atoms with E-state index in [1.807, 2.05) is 0 Å². The molecule has 1 aliphatic rings. The molecule has 0 aliphatic carbocycles. The van der Waals surface area contributed by atoms with Crippen molar-refractivity contribution in [3.05, 3.63) is 0 Å². The van der Waals surface area contributed by atoms with Gasteiger partial charge in [-0.05, 0) is 12.8 Å². The number of hydrogen-bond donors (Lipinski definition) is 2. The fraction of sp³-hybridized carbons (Fsp3) is 0.909. The molecule has 1 aliphatic heterocycles. The number of methoxy groups -OCH3 is 1. The molecule has 0 aromatic carbocycles. The highest BCUT2D eigenvalue weighted by atomic mass is 35.5. The highest BCUT2D eigenvalue weighted by Gasteiger charge is 2.29. The molecule has 1 heterocycles. The van der Waals surface area contributed by atoms with Gasteiger partial charge in [0.25, 0.3) is 0 Å². The highest BCUT2D eigenvalue weighted by molar-refractivity contribution is 5.85. The van der Waals surface area contributed by atoms with Gasteiger partial charge in [0.2, 0.25) is 5.91 Å². The van der Waals surface area contributed by atoms with Crippen LogP contribution in [-0.2, 0) is 19.0 Å². The molecule has 1 fully saturated rings. The summed E-state index contributed by atoms with van der Waals surface area (Å²) in [7, 11) is 1.62. The maximum Gasteiger partial charge on any atom is 0.249 e. The Balaban J connectivity index is 0.00000289. The lowest BCUT2D eigenvalue weighted by atomic mass is 10.2. The van der Waals surface area contributed by atoms with E-state index < -0.39 is 0 Å². The van der Waals surface area contributed by atoms with Crippen LogP contribution in [0, 0.1) is 0 Å². The molecular weight excluding hydrogens is 260 g/mol. The van der Waals surface area contributed by atoms with Gasteiger partial charge in [-0.3, -0.25) is 4.79 Å². The molecule has 1 amide bonds. The van der Waals surface area contributed by atoms with Gasteiger partial charge in [0, 0.05) is 20.2 Å². The lowest BCUT2D eigenvalue weighted by Gasteiger charge is -2.12. The van der Waals surface area contributed by atoms with Crippen molar-refractivity contribution < 1.29 is 19.0 Å². The monoisotopic (exact) mass is 282 g/mol. The van der Waals surface area contributed by atoms with Crippen LogP contribution in [0.1, 0.15) is 12.8 Å². The summed E-state index contributed by atoms with van der Waals surface area (Å²) in [6.45, 7) is 2.57. The second-order valence-electron chi connectivity index (χ2n) is 3.96. The van der Waals surface area contributed by atoms with Crippen molar-refractivity contribution in [1.29, 1.82) is 0 Å². The van der Waals surface area contributed by atoms with Crippen LogP contribution in [0.25, 0.3) is 0 Å². The lowest BCUT2D eigenvalue weighted by Crippen LogP contribution is -2.37. The molecule has 1 saturated heterocycles. The summed E-state index contributed by atoms with van der Waals surface area (Å²) < 4.78 is 15.5. The molecule has 0 aromatic rings. The Morgan fingerprint density at radius 3 is 2.78 bits per heavy atom. The Kier molecular flexibility index (Phi) is 10.3. The third-order valence-corrected chi connectivity index (χ3v) is 2.64. The number of hydrogen-bond acceptors (Lipinski definition) is 5. The molecule has 2 atom stereocenters. The molecule has 1 rings (SSSR count). The molecular formula is C11H23ClN2O4. The third-order valence-electron chi connectivity index (χ3n) is 2.64. The van der Waals surface area contributed by atoms with E-state index in [1.54, 1.807) is 7.11 Å². The number of carbonyl (C=O) groups is 1. The first kappa shape index (κ1) is 17.6. The van der Waals surface area contributed by atoms with E-state index in [1.165, 1.54) is 0 Å². The van der Waals surface area contributed by atoms with Crippen molar-refractivity contribution in [2.24, 2.45) is 5.73 Å². The number of rotatable bonds is 8. The van der Waals surface area contributed by atoms with Gasteiger partial charge in [-0.2, -0.15) is 0 Å². The Bertz CT molecular complexity index is 231. The zero-order valence-corrected chi connectivity index (χ0v) is 11.5. The van der Waals surface area contributed by atoms with Gasteiger partial charge in [-0.25, -0.2) is 0 Å². The molecule has 0 spiro atoms. The fourth-order valence-corrected chi connectivity index (χ4v) is 1.68. The van der Waals surface area contributed by atoms with Gasteiger partial charge in [0.15, 0.2) is 0 Å². The number of nitrogens with two attached hydrogens (primary N) is 1. The van der Waals surface area contributed by atoms with Gasteiger partial charge in [0.1, 0.15) is 6.10 Å². The first-order chi connectivity index (χ1) is 8.27. The van der Waals surface area contributed by atoms with Crippen LogP contribution >= 0.6 is 12.4 Å². The first-order valence-corrected chi connectivity index (χ1v) is 5.98. The quantitative estimate of drug-likeness (QED) is 0.597. The topological polar surface area (TPSA) is 82.8 Å². The molecule has 18 heavy (non-hydrogen) atoms. The zero-order chi connectivity index (χ0) is 12.5. The summed E-state index contributed by atoms with van der Waals surface area (Å²) >= 11 is 0. The molecule has 0 unspecified atom stereocenters. The van der Waals surface area contributed by atoms with Crippen LogP contribution in [0.3, 0.4) is 0 Å². The number of halogens is 1. The van der Waals surface area contributed by atoms with E-state index in [0.29, 0.717) is 32.9 Å². The first-order valence-electron chi connectivity index (χ1n) is 5.98. The molecule has 0 bridgehead atoms. The lowest BCUT2D eigenvalue weighted by molar-refractivity contribution is -0.132. The zero-order valence-electron chi connectivity index (χ0n) is 10.7. The Morgan fingerprint density at radius 1 is 1.39 bits per heavy atom. The molecule has 108 valence electrons. The summed E-state index contributed by atoms with van der Waals surface area (Å²) in [6, 6.07) is 0. The maximum atomic E-state index is 11.6. The predicted octanol–water partition coefficient (Wildman–Crippen LogP) is -0.306.